The molecule has 5 aromatic rings. The van der Waals surface area contributed by atoms with Crippen LogP contribution in [0.5, 0.6) is 17.2 Å². The van der Waals surface area contributed by atoms with Crippen molar-refractivity contribution in [1.29, 1.82) is 0 Å². The molecule has 0 spiro atoms. The number of nitrogens with one attached hydrogen (secondary N) is 3. The molecule has 7 rings (SSSR count). The topological polar surface area (TPSA) is 158 Å². The molecule has 4 amide bonds. The molecule has 0 bridgehead atoms. The molecule has 322 valence electrons. The molecule has 1 atom stereocenters. The third-order valence-corrected chi connectivity index (χ3v) is 10.9. The fourth-order valence-corrected chi connectivity index (χ4v) is 7.53. The molecular formula is C48H53N7O7. The Kier molecular flexibility index (Phi) is 13.2. The van der Waals surface area contributed by atoms with Crippen LogP contribution in [0, 0.1) is 5.92 Å². The van der Waals surface area contributed by atoms with E-state index in [9.17, 15) is 19.2 Å². The molecule has 62 heavy (non-hydrogen) atoms. The van der Waals surface area contributed by atoms with E-state index in [1.165, 1.54) is 7.11 Å². The van der Waals surface area contributed by atoms with Crippen LogP contribution in [0.1, 0.15) is 82.8 Å². The Hall–Kier alpha value is -7.09. The number of anilines is 2. The third-order valence-electron chi connectivity index (χ3n) is 10.9. The SMILES string of the molecule is CNC(=O)c1cc(-c2ccc(NC(=O)c3cc(NC(=O)CCCOc4cc5c(cc4OC)C(=O)N4C=C(c6ccc(OCCCC(C)C)cc6)CC4C=N5)cn3C)cc2)cn1C. The fourth-order valence-electron chi connectivity index (χ4n) is 7.53. The molecule has 2 aliphatic heterocycles. The summed E-state index contributed by atoms with van der Waals surface area (Å²) < 4.78 is 21.0. The first-order valence-electron chi connectivity index (χ1n) is 20.8. The predicted molar refractivity (Wildman–Crippen MR) is 241 cm³/mol. The Morgan fingerprint density at radius 2 is 1.50 bits per heavy atom. The van der Waals surface area contributed by atoms with Crippen molar-refractivity contribution < 1.29 is 33.4 Å². The standard InChI is InChI=1S/C48H53N7O7/c1-30(2)9-7-19-61-38-17-13-32(14-18-38)33-21-37-26-50-40-25-44(43(60-6)24-39(40)48(59)55(37)28-33)62-20-8-10-45(56)51-36-23-42(54(5)29-36)47(58)52-35-15-11-31(12-16-35)34-22-41(46(57)49-3)53(4)27-34/h11-18,22-30,37H,7-10,19-21H2,1-6H3,(H,49,57)(H,51,56)(H,52,58). The van der Waals surface area contributed by atoms with Crippen molar-refractivity contribution in [2.75, 3.05) is 38.0 Å². The van der Waals surface area contributed by atoms with Crippen LogP contribution in [0.3, 0.4) is 0 Å². The van der Waals surface area contributed by atoms with Crippen molar-refractivity contribution in [2.45, 2.75) is 52.0 Å². The number of methoxy groups -OCH3 is 1. The van der Waals surface area contributed by atoms with Crippen LogP contribution in [0.15, 0.2) is 96.4 Å². The lowest BCUT2D eigenvalue weighted by molar-refractivity contribution is -0.116. The van der Waals surface area contributed by atoms with Gasteiger partial charge in [-0.15, -0.1) is 0 Å². The first-order chi connectivity index (χ1) is 29.9. The van der Waals surface area contributed by atoms with Crippen LogP contribution in [-0.4, -0.2) is 77.3 Å². The zero-order chi connectivity index (χ0) is 43.9. The molecular weight excluding hydrogens is 787 g/mol. The summed E-state index contributed by atoms with van der Waals surface area (Å²) in [6.07, 6.45) is 10.6. The average molecular weight is 840 g/mol. The number of carbonyl (C=O) groups excluding carboxylic acids is 4. The number of rotatable bonds is 17. The number of aliphatic imine (C=N–C) groups is 1. The number of amides is 4. The van der Waals surface area contributed by atoms with Gasteiger partial charge in [-0.3, -0.25) is 24.2 Å². The average Bonchev–Trinajstić information content (AvgIpc) is 3.97. The molecule has 0 radical (unpaired) electrons. The number of hydrogen-bond acceptors (Lipinski definition) is 8. The normalized spacial score (nSPS) is 14.2. The number of fused-ring (bicyclic) bond motifs is 2. The lowest BCUT2D eigenvalue weighted by atomic mass is 10.0. The van der Waals surface area contributed by atoms with Gasteiger partial charge in [0, 0.05) is 76.1 Å². The Morgan fingerprint density at radius 1 is 0.790 bits per heavy atom. The van der Waals surface area contributed by atoms with E-state index in [0.717, 1.165) is 40.9 Å². The van der Waals surface area contributed by atoms with E-state index in [-0.39, 0.29) is 42.7 Å². The smallest absolute Gasteiger partial charge is 0.272 e. The number of aromatic nitrogens is 2. The van der Waals surface area contributed by atoms with E-state index in [2.05, 4.69) is 29.8 Å². The lowest BCUT2D eigenvalue weighted by Gasteiger charge is -2.19. The third kappa shape index (κ3) is 9.92. The van der Waals surface area contributed by atoms with E-state index in [1.807, 2.05) is 61.9 Å². The van der Waals surface area contributed by atoms with Crippen molar-refractivity contribution >= 4 is 52.5 Å². The van der Waals surface area contributed by atoms with Crippen LogP contribution in [-0.2, 0) is 18.9 Å². The van der Waals surface area contributed by atoms with Gasteiger partial charge in [0.2, 0.25) is 5.91 Å². The molecule has 1 unspecified atom stereocenters. The first kappa shape index (κ1) is 43.0. The number of benzene rings is 3. The Balaban J connectivity index is 0.893. The van der Waals surface area contributed by atoms with Gasteiger partial charge in [-0.2, -0.15) is 0 Å². The maximum Gasteiger partial charge on any atom is 0.272 e. The van der Waals surface area contributed by atoms with Gasteiger partial charge in [0.25, 0.3) is 17.7 Å². The largest absolute Gasteiger partial charge is 0.494 e. The second-order valence-electron chi connectivity index (χ2n) is 15.9. The predicted octanol–water partition coefficient (Wildman–Crippen LogP) is 8.24. The van der Waals surface area contributed by atoms with Crippen LogP contribution < -0.4 is 30.2 Å². The highest BCUT2D eigenvalue weighted by Crippen LogP contribution is 2.40. The Bertz CT molecular complexity index is 2510. The Morgan fingerprint density at radius 3 is 2.23 bits per heavy atom. The van der Waals surface area contributed by atoms with Crippen molar-refractivity contribution in [1.82, 2.24) is 19.4 Å². The van der Waals surface area contributed by atoms with Gasteiger partial charge >= 0.3 is 0 Å². The summed E-state index contributed by atoms with van der Waals surface area (Å²) in [4.78, 5) is 58.5. The fraction of sp³-hybridized carbons (Fsp3) is 0.312. The second-order valence-corrected chi connectivity index (χ2v) is 15.9. The molecule has 14 nitrogen and oxygen atoms in total. The first-order valence-corrected chi connectivity index (χ1v) is 20.8. The summed E-state index contributed by atoms with van der Waals surface area (Å²) in [5.41, 5.74) is 6.74. The summed E-state index contributed by atoms with van der Waals surface area (Å²) in [6.45, 7) is 5.32. The molecule has 3 aromatic carbocycles. The minimum Gasteiger partial charge on any atom is -0.494 e. The van der Waals surface area contributed by atoms with Crippen LogP contribution in [0.2, 0.25) is 0 Å². The van der Waals surface area contributed by atoms with Gasteiger partial charge in [-0.05, 0) is 84.3 Å². The van der Waals surface area contributed by atoms with Gasteiger partial charge in [-0.1, -0.05) is 38.1 Å². The highest BCUT2D eigenvalue weighted by molar-refractivity contribution is 6.06. The molecule has 2 aromatic heterocycles. The van der Waals surface area contributed by atoms with Gasteiger partial charge in [0.1, 0.15) is 17.1 Å². The molecule has 0 saturated carbocycles. The summed E-state index contributed by atoms with van der Waals surface area (Å²) in [5, 5.41) is 8.41. The van der Waals surface area contributed by atoms with Crippen LogP contribution in [0.4, 0.5) is 17.1 Å². The van der Waals surface area contributed by atoms with Gasteiger partial charge in [0.15, 0.2) is 11.5 Å². The molecule has 4 heterocycles. The van der Waals surface area contributed by atoms with E-state index in [1.54, 1.807) is 70.9 Å². The van der Waals surface area contributed by atoms with Crippen LogP contribution in [0.25, 0.3) is 16.7 Å². The van der Waals surface area contributed by atoms with Gasteiger partial charge in [0.05, 0.1) is 43.3 Å². The van der Waals surface area contributed by atoms with Crippen molar-refractivity contribution in [3.05, 3.63) is 114 Å². The van der Waals surface area contributed by atoms with Crippen LogP contribution >= 0.6 is 0 Å². The Labute approximate surface area is 361 Å². The highest BCUT2D eigenvalue weighted by Gasteiger charge is 2.33. The zero-order valence-electron chi connectivity index (χ0n) is 36.0. The number of ether oxygens (including phenoxy) is 3. The number of carbonyl (C=O) groups is 4. The van der Waals surface area contributed by atoms with Gasteiger partial charge in [-0.25, -0.2) is 0 Å². The summed E-state index contributed by atoms with van der Waals surface area (Å²) >= 11 is 0. The summed E-state index contributed by atoms with van der Waals surface area (Å²) in [7, 11) is 6.65. The molecule has 0 fully saturated rings. The van der Waals surface area contributed by atoms with E-state index < -0.39 is 0 Å². The van der Waals surface area contributed by atoms with Crippen molar-refractivity contribution in [3.63, 3.8) is 0 Å². The zero-order valence-corrected chi connectivity index (χ0v) is 36.0. The van der Waals surface area contributed by atoms with Gasteiger partial charge < -0.3 is 44.2 Å². The van der Waals surface area contributed by atoms with Crippen molar-refractivity contribution in [2.24, 2.45) is 25.0 Å². The summed E-state index contributed by atoms with van der Waals surface area (Å²) in [6, 6.07) is 21.9. The molecule has 0 saturated heterocycles. The summed E-state index contributed by atoms with van der Waals surface area (Å²) in [5.74, 6) is 1.38. The molecule has 0 aliphatic carbocycles. The minimum atomic E-state index is -0.335. The lowest BCUT2D eigenvalue weighted by Crippen LogP contribution is -2.32. The minimum absolute atomic E-state index is 0.165. The maximum atomic E-state index is 13.8. The number of hydrogen-bond donors (Lipinski definition) is 3. The van der Waals surface area contributed by atoms with Crippen molar-refractivity contribution in [3.8, 4) is 28.4 Å². The second kappa shape index (κ2) is 19.1. The number of nitrogens with zero attached hydrogens (tertiary/aromatic N) is 4. The molecule has 2 aliphatic rings. The van der Waals surface area contributed by atoms with E-state index in [0.29, 0.717) is 70.9 Å². The number of aryl methyl sites for hydroxylation is 2. The van der Waals surface area contributed by atoms with E-state index >= 15 is 0 Å². The molecule has 14 heteroatoms. The monoisotopic (exact) mass is 839 g/mol. The van der Waals surface area contributed by atoms with E-state index in [4.69, 9.17) is 19.2 Å². The maximum absolute atomic E-state index is 13.8. The quantitative estimate of drug-likeness (QED) is 0.0797. The highest BCUT2D eigenvalue weighted by atomic mass is 16.5. The molecule has 3 N–H and O–H groups in total.